The predicted octanol–water partition coefficient (Wildman–Crippen LogP) is 1.51. The molecule has 3 aliphatic rings. The Hall–Kier alpha value is -1.10. The molecule has 2 bridgehead atoms. The van der Waals surface area contributed by atoms with E-state index in [-0.39, 0.29) is 12.5 Å². The number of carboxylic acid groups (broad SMARTS) is 1. The summed E-state index contributed by atoms with van der Waals surface area (Å²) in [5.41, 5.74) is -0.470. The van der Waals surface area contributed by atoms with Gasteiger partial charge in [-0.1, -0.05) is 6.42 Å². The highest BCUT2D eigenvalue weighted by Gasteiger charge is 2.45. The molecule has 0 radical (unpaired) electrons. The molecule has 2 saturated carbocycles. The molecule has 3 unspecified atom stereocenters. The van der Waals surface area contributed by atoms with E-state index in [0.29, 0.717) is 25.4 Å². The second kappa shape index (κ2) is 5.02. The van der Waals surface area contributed by atoms with Crippen molar-refractivity contribution in [2.75, 3.05) is 19.7 Å². The van der Waals surface area contributed by atoms with Crippen molar-refractivity contribution < 1.29 is 19.4 Å². The fourth-order valence-electron chi connectivity index (χ4n) is 4.24. The van der Waals surface area contributed by atoms with Gasteiger partial charge < -0.3 is 14.7 Å². The molecule has 1 amide bonds. The molecular formula is C15H23NO4. The summed E-state index contributed by atoms with van der Waals surface area (Å²) < 4.78 is 5.33. The lowest BCUT2D eigenvalue weighted by Crippen LogP contribution is -2.63. The van der Waals surface area contributed by atoms with E-state index in [1.165, 1.54) is 25.7 Å². The number of hydrogen-bond donors (Lipinski definition) is 1. The Kier molecular flexibility index (Phi) is 3.48. The van der Waals surface area contributed by atoms with E-state index in [4.69, 9.17) is 9.84 Å². The minimum Gasteiger partial charge on any atom is -0.480 e. The molecule has 3 rings (SSSR count). The number of carboxylic acids is 1. The lowest BCUT2D eigenvalue weighted by molar-refractivity contribution is -0.174. The van der Waals surface area contributed by atoms with Gasteiger partial charge in [0.15, 0.2) is 0 Å². The first kappa shape index (κ1) is 13.9. The van der Waals surface area contributed by atoms with Crippen LogP contribution < -0.4 is 0 Å². The molecule has 1 saturated heterocycles. The third-order valence-corrected chi connectivity index (χ3v) is 5.27. The summed E-state index contributed by atoms with van der Waals surface area (Å²) in [6.45, 7) is 2.64. The third-order valence-electron chi connectivity index (χ3n) is 5.27. The summed E-state index contributed by atoms with van der Waals surface area (Å²) in [6.07, 6.45) is 5.91. The van der Waals surface area contributed by atoms with Gasteiger partial charge in [-0.05, 0) is 43.9 Å². The normalized spacial score (nSPS) is 34.0. The maximum atomic E-state index is 12.2. The van der Waals surface area contributed by atoms with Crippen LogP contribution in [0.25, 0.3) is 0 Å². The minimum atomic E-state index is -0.960. The van der Waals surface area contributed by atoms with Gasteiger partial charge in [-0.3, -0.25) is 4.79 Å². The Morgan fingerprint density at radius 2 is 2.05 bits per heavy atom. The van der Waals surface area contributed by atoms with Gasteiger partial charge in [0, 0.05) is 6.42 Å². The molecule has 1 heterocycles. The maximum Gasteiger partial charge on any atom is 0.329 e. The van der Waals surface area contributed by atoms with E-state index in [0.717, 1.165) is 11.8 Å². The average Bonchev–Trinajstić information content (AvgIpc) is 2.95. The third kappa shape index (κ3) is 2.68. The van der Waals surface area contributed by atoms with Crippen LogP contribution in [-0.4, -0.2) is 47.2 Å². The fraction of sp³-hybridized carbons (Fsp3) is 0.867. The van der Waals surface area contributed by atoms with Gasteiger partial charge >= 0.3 is 5.97 Å². The number of carbonyl (C=O) groups is 2. The van der Waals surface area contributed by atoms with Crippen molar-refractivity contribution in [3.8, 4) is 0 Å². The zero-order valence-electron chi connectivity index (χ0n) is 12.0. The van der Waals surface area contributed by atoms with E-state index in [2.05, 4.69) is 0 Å². The first-order valence-corrected chi connectivity index (χ1v) is 7.59. The Morgan fingerprint density at radius 1 is 1.30 bits per heavy atom. The Balaban J connectivity index is 1.43. The Labute approximate surface area is 119 Å². The summed E-state index contributed by atoms with van der Waals surface area (Å²) in [5.74, 6) is 1.50. The van der Waals surface area contributed by atoms with Gasteiger partial charge in [0.1, 0.15) is 12.2 Å². The number of nitrogens with zero attached hydrogens (tertiary/aromatic N) is 1. The van der Waals surface area contributed by atoms with Gasteiger partial charge in [0.2, 0.25) is 5.91 Å². The van der Waals surface area contributed by atoms with Crippen LogP contribution in [0, 0.1) is 17.8 Å². The van der Waals surface area contributed by atoms with Crippen molar-refractivity contribution in [2.45, 2.75) is 44.6 Å². The van der Waals surface area contributed by atoms with Crippen molar-refractivity contribution in [3.63, 3.8) is 0 Å². The molecule has 0 aromatic carbocycles. The van der Waals surface area contributed by atoms with Gasteiger partial charge in [-0.15, -0.1) is 0 Å². The molecule has 3 atom stereocenters. The summed E-state index contributed by atoms with van der Waals surface area (Å²) in [5, 5.41) is 8.62. The molecule has 5 nitrogen and oxygen atoms in total. The molecule has 5 heteroatoms. The largest absolute Gasteiger partial charge is 0.480 e. The molecule has 2 aliphatic carbocycles. The van der Waals surface area contributed by atoms with Crippen LogP contribution in [0.4, 0.5) is 0 Å². The molecular weight excluding hydrogens is 258 g/mol. The summed E-state index contributed by atoms with van der Waals surface area (Å²) in [6, 6.07) is 0. The second-order valence-corrected chi connectivity index (χ2v) is 7.02. The van der Waals surface area contributed by atoms with E-state index in [1.54, 1.807) is 0 Å². The number of aliphatic carboxylic acids is 1. The summed E-state index contributed by atoms with van der Waals surface area (Å²) >= 11 is 0. The smallest absolute Gasteiger partial charge is 0.329 e. The minimum absolute atomic E-state index is 0.221. The standard InChI is InChI=1S/C15H23NO4/c1-15(20-7-14(18)19)8-16(9-15)13(17)6-12-5-10-2-3-11(12)4-10/h10-12H,2-9H2,1H3,(H,18,19). The van der Waals surface area contributed by atoms with Crippen LogP contribution in [0.5, 0.6) is 0 Å². The monoisotopic (exact) mass is 281 g/mol. The van der Waals surface area contributed by atoms with Gasteiger partial charge in [-0.25, -0.2) is 4.79 Å². The van der Waals surface area contributed by atoms with Gasteiger partial charge in [-0.2, -0.15) is 0 Å². The second-order valence-electron chi connectivity index (χ2n) is 7.02. The quantitative estimate of drug-likeness (QED) is 0.829. The molecule has 0 spiro atoms. The van der Waals surface area contributed by atoms with E-state index in [1.807, 2.05) is 11.8 Å². The van der Waals surface area contributed by atoms with Crippen LogP contribution in [0.2, 0.25) is 0 Å². The van der Waals surface area contributed by atoms with Crippen LogP contribution in [-0.2, 0) is 14.3 Å². The number of fused-ring (bicyclic) bond motifs is 2. The molecule has 0 aromatic rings. The number of likely N-dealkylation sites (tertiary alicyclic amines) is 1. The lowest BCUT2D eigenvalue weighted by Gasteiger charge is -2.47. The highest BCUT2D eigenvalue weighted by atomic mass is 16.5. The van der Waals surface area contributed by atoms with Crippen molar-refractivity contribution in [1.29, 1.82) is 0 Å². The highest BCUT2D eigenvalue weighted by molar-refractivity contribution is 5.77. The van der Waals surface area contributed by atoms with E-state index < -0.39 is 11.6 Å². The molecule has 0 aromatic heterocycles. The Bertz CT molecular complexity index is 416. The van der Waals surface area contributed by atoms with Gasteiger partial charge in [0.25, 0.3) is 0 Å². The topological polar surface area (TPSA) is 66.8 Å². The summed E-state index contributed by atoms with van der Waals surface area (Å²) in [4.78, 5) is 24.6. The SMILES string of the molecule is CC1(OCC(=O)O)CN(C(=O)CC2CC3CCC2C3)C1. The average molecular weight is 281 g/mol. The molecule has 20 heavy (non-hydrogen) atoms. The van der Waals surface area contributed by atoms with Crippen molar-refractivity contribution >= 4 is 11.9 Å². The first-order chi connectivity index (χ1) is 9.45. The van der Waals surface area contributed by atoms with Crippen molar-refractivity contribution in [3.05, 3.63) is 0 Å². The number of carbonyl (C=O) groups excluding carboxylic acids is 1. The molecule has 112 valence electrons. The number of amides is 1. The maximum absolute atomic E-state index is 12.2. The Morgan fingerprint density at radius 3 is 2.60 bits per heavy atom. The van der Waals surface area contributed by atoms with Crippen molar-refractivity contribution in [2.24, 2.45) is 17.8 Å². The van der Waals surface area contributed by atoms with E-state index >= 15 is 0 Å². The van der Waals surface area contributed by atoms with Crippen LogP contribution in [0.1, 0.15) is 39.0 Å². The zero-order chi connectivity index (χ0) is 14.3. The number of rotatable bonds is 5. The van der Waals surface area contributed by atoms with E-state index in [9.17, 15) is 9.59 Å². The van der Waals surface area contributed by atoms with Gasteiger partial charge in [0.05, 0.1) is 13.1 Å². The molecule has 1 aliphatic heterocycles. The van der Waals surface area contributed by atoms with Crippen LogP contribution >= 0.6 is 0 Å². The zero-order valence-corrected chi connectivity index (χ0v) is 12.0. The fourth-order valence-corrected chi connectivity index (χ4v) is 4.24. The summed E-state index contributed by atoms with van der Waals surface area (Å²) in [7, 11) is 0. The number of hydrogen-bond acceptors (Lipinski definition) is 3. The first-order valence-electron chi connectivity index (χ1n) is 7.59. The van der Waals surface area contributed by atoms with Crippen LogP contribution in [0.3, 0.4) is 0 Å². The molecule has 3 fully saturated rings. The highest BCUT2D eigenvalue weighted by Crippen LogP contribution is 2.49. The lowest BCUT2D eigenvalue weighted by atomic mass is 9.85. The molecule has 1 N–H and O–H groups in total. The predicted molar refractivity (Wildman–Crippen MR) is 72.1 cm³/mol. The number of ether oxygens (including phenoxy) is 1. The van der Waals surface area contributed by atoms with Crippen molar-refractivity contribution in [1.82, 2.24) is 4.90 Å². The van der Waals surface area contributed by atoms with Crippen LogP contribution in [0.15, 0.2) is 0 Å².